The van der Waals surface area contributed by atoms with E-state index >= 15 is 0 Å². The molecule has 33 heavy (non-hydrogen) atoms. The molecule has 9 heteroatoms. The number of aromatic nitrogens is 2. The summed E-state index contributed by atoms with van der Waals surface area (Å²) in [5.74, 6) is 1.18. The zero-order valence-electron chi connectivity index (χ0n) is 18.5. The summed E-state index contributed by atoms with van der Waals surface area (Å²) in [4.78, 5) is 31.6. The molecule has 0 spiro atoms. The quantitative estimate of drug-likeness (QED) is 0.363. The van der Waals surface area contributed by atoms with Crippen LogP contribution in [0.25, 0.3) is 20.7 Å². The number of benzene rings is 1. The van der Waals surface area contributed by atoms with E-state index in [4.69, 9.17) is 9.47 Å². The number of rotatable bonds is 10. The van der Waals surface area contributed by atoms with E-state index < -0.39 is 0 Å². The normalized spacial score (nSPS) is 11.0. The first-order valence-electron chi connectivity index (χ1n) is 10.8. The van der Waals surface area contributed by atoms with Crippen molar-refractivity contribution >= 4 is 38.8 Å². The average molecular weight is 484 g/mol. The minimum atomic E-state index is -0.234. The summed E-state index contributed by atoms with van der Waals surface area (Å²) in [7, 11) is 0. The predicted molar refractivity (Wildman–Crippen MR) is 133 cm³/mol. The predicted octanol–water partition coefficient (Wildman–Crippen LogP) is 4.34. The largest absolute Gasteiger partial charge is 0.490 e. The summed E-state index contributed by atoms with van der Waals surface area (Å²) in [5, 5.41) is 7.38. The molecule has 172 valence electrons. The molecule has 0 bridgehead atoms. The molecule has 0 saturated carbocycles. The average Bonchev–Trinajstić information content (AvgIpc) is 3.48. The van der Waals surface area contributed by atoms with Gasteiger partial charge in [0.05, 0.1) is 24.9 Å². The first-order valence-corrected chi connectivity index (χ1v) is 12.5. The van der Waals surface area contributed by atoms with Gasteiger partial charge in [0.25, 0.3) is 5.56 Å². The fourth-order valence-electron chi connectivity index (χ4n) is 3.50. The molecule has 7 nitrogen and oxygen atoms in total. The highest BCUT2D eigenvalue weighted by Crippen LogP contribution is 2.33. The number of carbonyl (C=O) groups excluding carboxylic acids is 1. The second kappa shape index (κ2) is 10.6. The van der Waals surface area contributed by atoms with E-state index in [0.29, 0.717) is 47.9 Å². The van der Waals surface area contributed by atoms with Crippen molar-refractivity contribution in [1.29, 1.82) is 0 Å². The first kappa shape index (κ1) is 23.0. The number of carbonyl (C=O) groups is 1. The zero-order chi connectivity index (χ0) is 23.2. The van der Waals surface area contributed by atoms with Gasteiger partial charge in [-0.2, -0.15) is 0 Å². The Hall–Kier alpha value is -3.17. The number of fused-ring (bicyclic) bond motifs is 1. The summed E-state index contributed by atoms with van der Waals surface area (Å²) in [6.45, 7) is 5.34. The van der Waals surface area contributed by atoms with E-state index in [2.05, 4.69) is 10.3 Å². The number of ether oxygens (including phenoxy) is 2. The Morgan fingerprint density at radius 2 is 1.94 bits per heavy atom. The zero-order valence-corrected chi connectivity index (χ0v) is 20.1. The lowest BCUT2D eigenvalue weighted by Gasteiger charge is -2.13. The molecule has 3 aromatic heterocycles. The van der Waals surface area contributed by atoms with E-state index in [1.54, 1.807) is 11.3 Å². The van der Waals surface area contributed by atoms with Crippen molar-refractivity contribution in [2.75, 3.05) is 19.8 Å². The van der Waals surface area contributed by atoms with Gasteiger partial charge in [0, 0.05) is 22.4 Å². The molecule has 0 aliphatic heterocycles. The van der Waals surface area contributed by atoms with E-state index in [1.165, 1.54) is 22.2 Å². The van der Waals surface area contributed by atoms with Crippen molar-refractivity contribution in [2.45, 2.75) is 26.8 Å². The molecule has 1 N–H and O–H groups in total. The van der Waals surface area contributed by atoms with Crippen LogP contribution in [0.4, 0.5) is 0 Å². The Labute approximate surface area is 199 Å². The highest BCUT2D eigenvalue weighted by Gasteiger charge is 2.15. The van der Waals surface area contributed by atoms with Crippen LogP contribution in [0.15, 0.2) is 52.2 Å². The summed E-state index contributed by atoms with van der Waals surface area (Å²) in [6.07, 6.45) is 2.08. The molecular formula is C24H25N3O4S2. The molecule has 0 aliphatic carbocycles. The fourth-order valence-corrected chi connectivity index (χ4v) is 5.22. The molecule has 0 saturated heterocycles. The van der Waals surface area contributed by atoms with Crippen molar-refractivity contribution < 1.29 is 14.3 Å². The summed E-state index contributed by atoms with van der Waals surface area (Å²) in [6, 6.07) is 9.72. The molecule has 0 aliphatic rings. The molecular weight excluding hydrogens is 458 g/mol. The number of hydrogen-bond donors (Lipinski definition) is 1. The van der Waals surface area contributed by atoms with E-state index in [1.807, 2.05) is 54.9 Å². The number of nitrogens with one attached hydrogen (secondary N) is 1. The van der Waals surface area contributed by atoms with Gasteiger partial charge in [0.2, 0.25) is 5.91 Å². The topological polar surface area (TPSA) is 82.5 Å². The van der Waals surface area contributed by atoms with Gasteiger partial charge >= 0.3 is 0 Å². The maximum absolute atomic E-state index is 13.0. The van der Waals surface area contributed by atoms with Crippen LogP contribution in [-0.2, 0) is 17.8 Å². The van der Waals surface area contributed by atoms with Gasteiger partial charge in [-0.25, -0.2) is 4.98 Å². The molecule has 4 rings (SSSR count). The lowest BCUT2D eigenvalue weighted by Crippen LogP contribution is -2.33. The van der Waals surface area contributed by atoms with Gasteiger partial charge in [-0.3, -0.25) is 14.2 Å². The maximum Gasteiger partial charge on any atom is 0.263 e. The van der Waals surface area contributed by atoms with Gasteiger partial charge in [-0.05, 0) is 49.4 Å². The van der Waals surface area contributed by atoms with Crippen LogP contribution >= 0.6 is 22.7 Å². The lowest BCUT2D eigenvalue weighted by atomic mass is 10.1. The highest BCUT2D eigenvalue weighted by molar-refractivity contribution is 7.18. The van der Waals surface area contributed by atoms with Crippen LogP contribution < -0.4 is 20.3 Å². The van der Waals surface area contributed by atoms with E-state index in [0.717, 1.165) is 16.0 Å². The number of thiophene rings is 2. The Morgan fingerprint density at radius 1 is 1.12 bits per heavy atom. The van der Waals surface area contributed by atoms with Crippen LogP contribution in [0.3, 0.4) is 0 Å². The standard InChI is InChI=1S/C24H25N3O4S2/c1-3-30-18-8-7-16(12-19(18)31-4-2)9-10-25-21(28)13-27-15-26-23-22(24(27)29)17(14-33-23)20-6-5-11-32-20/h5-8,11-12,14-15H,3-4,9-10,13H2,1-2H3,(H,25,28). The lowest BCUT2D eigenvalue weighted by molar-refractivity contribution is -0.121. The molecule has 1 amide bonds. The molecule has 0 radical (unpaired) electrons. The highest BCUT2D eigenvalue weighted by atomic mass is 32.1. The fraction of sp³-hybridized carbons (Fsp3) is 0.292. The van der Waals surface area contributed by atoms with Crippen LogP contribution in [0.2, 0.25) is 0 Å². The van der Waals surface area contributed by atoms with E-state index in [9.17, 15) is 9.59 Å². The van der Waals surface area contributed by atoms with Crippen molar-refractivity contribution in [2.24, 2.45) is 0 Å². The minimum Gasteiger partial charge on any atom is -0.490 e. The Bertz CT molecular complexity index is 1300. The molecule has 0 atom stereocenters. The second-order valence-corrected chi connectivity index (χ2v) is 9.04. The van der Waals surface area contributed by atoms with Gasteiger partial charge in [-0.15, -0.1) is 22.7 Å². The third-order valence-electron chi connectivity index (χ3n) is 5.00. The summed E-state index contributed by atoms with van der Waals surface area (Å²) < 4.78 is 12.6. The third-order valence-corrected chi connectivity index (χ3v) is 6.79. The van der Waals surface area contributed by atoms with Crippen molar-refractivity contribution in [3.63, 3.8) is 0 Å². The summed E-state index contributed by atoms with van der Waals surface area (Å²) >= 11 is 3.01. The van der Waals surface area contributed by atoms with Gasteiger partial charge in [0.1, 0.15) is 11.4 Å². The number of amides is 1. The Morgan fingerprint density at radius 3 is 2.70 bits per heavy atom. The van der Waals surface area contributed by atoms with Crippen LogP contribution in [0, 0.1) is 0 Å². The molecule has 4 aromatic rings. The first-order chi connectivity index (χ1) is 16.1. The molecule has 3 heterocycles. The van der Waals surface area contributed by atoms with Crippen molar-refractivity contribution in [3.8, 4) is 21.9 Å². The minimum absolute atomic E-state index is 0.0744. The summed E-state index contributed by atoms with van der Waals surface area (Å²) in [5.41, 5.74) is 1.70. The third kappa shape index (κ3) is 5.26. The van der Waals surface area contributed by atoms with Crippen molar-refractivity contribution in [3.05, 3.63) is 63.3 Å². The SMILES string of the molecule is CCOc1ccc(CCNC(=O)Cn2cnc3scc(-c4cccs4)c3c2=O)cc1OCC. The Kier molecular flexibility index (Phi) is 7.41. The monoisotopic (exact) mass is 483 g/mol. The molecule has 0 fully saturated rings. The van der Waals surface area contributed by atoms with Crippen molar-refractivity contribution in [1.82, 2.24) is 14.9 Å². The van der Waals surface area contributed by atoms with Gasteiger partial charge in [0.15, 0.2) is 11.5 Å². The van der Waals surface area contributed by atoms with Gasteiger partial charge in [-0.1, -0.05) is 12.1 Å². The molecule has 0 unspecified atom stereocenters. The van der Waals surface area contributed by atoms with Crippen LogP contribution in [-0.4, -0.2) is 35.2 Å². The van der Waals surface area contributed by atoms with Crippen LogP contribution in [0.5, 0.6) is 11.5 Å². The smallest absolute Gasteiger partial charge is 0.263 e. The molecule has 1 aromatic carbocycles. The van der Waals surface area contributed by atoms with E-state index in [-0.39, 0.29) is 18.0 Å². The van der Waals surface area contributed by atoms with Crippen LogP contribution in [0.1, 0.15) is 19.4 Å². The Balaban J connectivity index is 1.40. The number of hydrogen-bond acceptors (Lipinski definition) is 7. The number of nitrogens with zero attached hydrogens (tertiary/aromatic N) is 2. The van der Waals surface area contributed by atoms with Gasteiger partial charge < -0.3 is 14.8 Å². The maximum atomic E-state index is 13.0. The second-order valence-electron chi connectivity index (χ2n) is 7.23.